The molecule has 0 spiro atoms. The van der Waals surface area contributed by atoms with E-state index in [0.29, 0.717) is 6.04 Å². The molecule has 0 aromatic heterocycles. The first-order valence-corrected chi connectivity index (χ1v) is 6.74. The summed E-state index contributed by atoms with van der Waals surface area (Å²) in [4.78, 5) is 0. The first kappa shape index (κ1) is 8.73. The van der Waals surface area contributed by atoms with Crippen molar-refractivity contribution in [3.63, 3.8) is 0 Å². The highest BCUT2D eigenvalue weighted by Gasteiger charge is 2.26. The quantitative estimate of drug-likeness (QED) is 0.456. The molecule has 0 heterocycles. The van der Waals surface area contributed by atoms with E-state index >= 15 is 0 Å². The molecule has 0 fully saturated rings. The molecular formula is C4H9Cl2FSi. The molecule has 0 atom stereocenters. The van der Waals surface area contributed by atoms with Crippen LogP contribution in [0, 0.1) is 0 Å². The highest BCUT2D eigenvalue weighted by atomic mass is 35.7. The highest BCUT2D eigenvalue weighted by molar-refractivity contribution is 7.42. The summed E-state index contributed by atoms with van der Waals surface area (Å²) in [7, 11) is -3.23. The molecule has 0 aliphatic heterocycles. The van der Waals surface area contributed by atoms with Crippen molar-refractivity contribution < 1.29 is 4.11 Å². The van der Waals surface area contributed by atoms with E-state index in [-0.39, 0.29) is 0 Å². The Labute approximate surface area is 59.6 Å². The zero-order valence-corrected chi connectivity index (χ0v) is 7.27. The van der Waals surface area contributed by atoms with Crippen molar-refractivity contribution in [1.82, 2.24) is 0 Å². The Morgan fingerprint density at radius 2 is 2.00 bits per heavy atom. The first-order valence-electron chi connectivity index (χ1n) is 2.63. The lowest BCUT2D eigenvalue weighted by atomic mass is 10.4. The van der Waals surface area contributed by atoms with Gasteiger partial charge in [0, 0.05) is 0 Å². The van der Waals surface area contributed by atoms with Crippen molar-refractivity contribution in [3.05, 3.63) is 0 Å². The molecule has 0 aliphatic carbocycles. The van der Waals surface area contributed by atoms with Gasteiger partial charge in [0.2, 0.25) is 0 Å². The van der Waals surface area contributed by atoms with E-state index in [1.165, 1.54) is 0 Å². The van der Waals surface area contributed by atoms with Gasteiger partial charge >= 0.3 is 7.03 Å². The van der Waals surface area contributed by atoms with Crippen molar-refractivity contribution in [2.75, 3.05) is 0 Å². The van der Waals surface area contributed by atoms with Gasteiger partial charge in [0.25, 0.3) is 0 Å². The maximum Gasteiger partial charge on any atom is 0.433 e. The van der Waals surface area contributed by atoms with Crippen molar-refractivity contribution in [2.45, 2.75) is 25.8 Å². The molecule has 50 valence electrons. The molecule has 0 unspecified atom stereocenters. The summed E-state index contributed by atoms with van der Waals surface area (Å²) in [6, 6.07) is 0.368. The molecule has 8 heavy (non-hydrogen) atoms. The van der Waals surface area contributed by atoms with E-state index in [9.17, 15) is 4.11 Å². The molecule has 0 N–H and O–H groups in total. The minimum Gasteiger partial charge on any atom is -0.272 e. The zero-order chi connectivity index (χ0) is 6.62. The van der Waals surface area contributed by atoms with Crippen molar-refractivity contribution in [3.8, 4) is 0 Å². The van der Waals surface area contributed by atoms with Crippen LogP contribution in [0.15, 0.2) is 0 Å². The molecule has 0 aromatic rings. The molecule has 0 radical (unpaired) electrons. The Bertz CT molecular complexity index is 61.5. The SMILES string of the molecule is CCCC[Si](F)(Cl)Cl. The van der Waals surface area contributed by atoms with E-state index in [1.807, 2.05) is 6.92 Å². The van der Waals surface area contributed by atoms with E-state index in [0.717, 1.165) is 12.8 Å². The maximum absolute atomic E-state index is 12.2. The van der Waals surface area contributed by atoms with Crippen LogP contribution in [0.3, 0.4) is 0 Å². The third-order valence-corrected chi connectivity index (χ3v) is 2.87. The van der Waals surface area contributed by atoms with Gasteiger partial charge in [-0.3, -0.25) is 4.11 Å². The molecule has 0 saturated carbocycles. The van der Waals surface area contributed by atoms with Gasteiger partial charge in [-0.25, -0.2) is 0 Å². The Morgan fingerprint density at radius 3 is 2.12 bits per heavy atom. The summed E-state index contributed by atoms with van der Waals surface area (Å²) in [6.45, 7) is 1.98. The molecule has 4 heteroatoms. The van der Waals surface area contributed by atoms with Crippen molar-refractivity contribution in [1.29, 1.82) is 0 Å². The fraction of sp³-hybridized carbons (Fsp3) is 1.00. The first-order chi connectivity index (χ1) is 3.56. The van der Waals surface area contributed by atoms with Crippen LogP contribution in [0.4, 0.5) is 4.11 Å². The standard InChI is InChI=1S/C4H9Cl2FSi/c1-2-3-4-8(5,6)7/h2-4H2,1H3. The lowest BCUT2D eigenvalue weighted by Crippen LogP contribution is -2.09. The average Bonchev–Trinajstić information content (AvgIpc) is 1.59. The molecule has 0 aromatic carbocycles. The summed E-state index contributed by atoms with van der Waals surface area (Å²) >= 11 is 10.3. The average molecular weight is 175 g/mol. The fourth-order valence-corrected chi connectivity index (χ4v) is 1.93. The number of unbranched alkanes of at least 4 members (excludes halogenated alkanes) is 1. The van der Waals surface area contributed by atoms with Crippen LogP contribution >= 0.6 is 22.2 Å². The predicted octanol–water partition coefficient (Wildman–Crippen LogP) is 3.17. The lowest BCUT2D eigenvalue weighted by Gasteiger charge is -2.01. The van der Waals surface area contributed by atoms with Crippen LogP contribution in [-0.4, -0.2) is 7.03 Å². The van der Waals surface area contributed by atoms with Crippen LogP contribution in [0.2, 0.25) is 6.04 Å². The van der Waals surface area contributed by atoms with E-state index in [1.54, 1.807) is 0 Å². The summed E-state index contributed by atoms with van der Waals surface area (Å²) < 4.78 is 12.2. The van der Waals surface area contributed by atoms with Gasteiger partial charge in [0.15, 0.2) is 0 Å². The molecule has 0 saturated heterocycles. The smallest absolute Gasteiger partial charge is 0.272 e. The molecule has 0 bridgehead atoms. The van der Waals surface area contributed by atoms with Gasteiger partial charge in [-0.1, -0.05) is 19.8 Å². The van der Waals surface area contributed by atoms with E-state index in [2.05, 4.69) is 0 Å². The highest BCUT2D eigenvalue weighted by Crippen LogP contribution is 2.23. The number of hydrogen-bond donors (Lipinski definition) is 0. The third kappa shape index (κ3) is 6.73. The van der Waals surface area contributed by atoms with Gasteiger partial charge in [0.1, 0.15) is 0 Å². The number of halogens is 3. The van der Waals surface area contributed by atoms with Crippen molar-refractivity contribution in [2.24, 2.45) is 0 Å². The maximum atomic E-state index is 12.2. The third-order valence-electron chi connectivity index (χ3n) is 0.814. The summed E-state index contributed by atoms with van der Waals surface area (Å²) in [5.74, 6) is 0. The van der Waals surface area contributed by atoms with Crippen LogP contribution in [0.25, 0.3) is 0 Å². The topological polar surface area (TPSA) is 0 Å². The Hall–Kier alpha value is 0.727. The minimum atomic E-state index is -3.23. The van der Waals surface area contributed by atoms with Crippen LogP contribution < -0.4 is 0 Å². The predicted molar refractivity (Wildman–Crippen MR) is 38.3 cm³/mol. The molecule has 0 aliphatic rings. The van der Waals surface area contributed by atoms with Gasteiger partial charge in [-0.2, -0.15) is 0 Å². The van der Waals surface area contributed by atoms with Gasteiger partial charge in [-0.05, 0) is 6.04 Å². The largest absolute Gasteiger partial charge is 0.433 e. The molecule has 0 amide bonds. The Kier molecular flexibility index (Phi) is 4.03. The van der Waals surface area contributed by atoms with Gasteiger partial charge in [0.05, 0.1) is 0 Å². The summed E-state index contributed by atoms with van der Waals surface area (Å²) in [5.41, 5.74) is 0. The fourth-order valence-electron chi connectivity index (χ4n) is 0.377. The molecule has 0 nitrogen and oxygen atoms in total. The Morgan fingerprint density at radius 1 is 1.50 bits per heavy atom. The molecule has 0 rings (SSSR count). The zero-order valence-electron chi connectivity index (χ0n) is 4.76. The Balaban J connectivity index is 3.11. The van der Waals surface area contributed by atoms with E-state index in [4.69, 9.17) is 22.2 Å². The monoisotopic (exact) mass is 174 g/mol. The summed E-state index contributed by atoms with van der Waals surface area (Å²) in [6.07, 6.45) is 1.76. The van der Waals surface area contributed by atoms with Gasteiger partial charge < -0.3 is 0 Å². The summed E-state index contributed by atoms with van der Waals surface area (Å²) in [5, 5.41) is 0. The number of rotatable bonds is 3. The van der Waals surface area contributed by atoms with Gasteiger partial charge in [-0.15, -0.1) is 22.2 Å². The number of hydrogen-bond acceptors (Lipinski definition) is 0. The van der Waals surface area contributed by atoms with E-state index < -0.39 is 7.03 Å². The van der Waals surface area contributed by atoms with Crippen LogP contribution in [0.1, 0.15) is 19.8 Å². The van der Waals surface area contributed by atoms with Crippen molar-refractivity contribution >= 4 is 29.2 Å². The second-order valence-electron chi connectivity index (χ2n) is 1.72. The molecular weight excluding hydrogens is 166 g/mol. The normalized spacial score (nSPS) is 12.0. The minimum absolute atomic E-state index is 0.368. The van der Waals surface area contributed by atoms with Crippen LogP contribution in [-0.2, 0) is 0 Å². The second kappa shape index (κ2) is 3.70. The lowest BCUT2D eigenvalue weighted by molar-refractivity contribution is 0.790. The second-order valence-corrected chi connectivity index (χ2v) is 7.62. The van der Waals surface area contributed by atoms with Crippen LogP contribution in [0.5, 0.6) is 0 Å².